The summed E-state index contributed by atoms with van der Waals surface area (Å²) in [6, 6.07) is 4.76. The Kier molecular flexibility index (Phi) is 5.93. The molecule has 2 aromatic carbocycles. The summed E-state index contributed by atoms with van der Waals surface area (Å²) in [7, 11) is 4.77. The Balaban J connectivity index is 2.40. The minimum atomic E-state index is -0.611. The third-order valence-corrected chi connectivity index (χ3v) is 4.45. The fourth-order valence-corrected chi connectivity index (χ4v) is 3.18. The van der Waals surface area contributed by atoms with E-state index in [0.29, 0.717) is 5.92 Å². The minimum Gasteiger partial charge on any atom is -0.505 e. The van der Waals surface area contributed by atoms with E-state index in [1.54, 1.807) is 33.3 Å². The van der Waals surface area contributed by atoms with Crippen LogP contribution in [-0.2, 0) is 0 Å². The highest BCUT2D eigenvalue weighted by atomic mass is 16.3. The summed E-state index contributed by atoms with van der Waals surface area (Å²) in [5.74, 6) is -0.137. The number of hydrogen-bond donors (Lipinski definition) is 2. The van der Waals surface area contributed by atoms with E-state index >= 15 is 0 Å². The van der Waals surface area contributed by atoms with Crippen LogP contribution in [0.5, 0.6) is 5.75 Å². The van der Waals surface area contributed by atoms with Gasteiger partial charge < -0.3 is 20.2 Å². The van der Waals surface area contributed by atoms with Gasteiger partial charge in [-0.25, -0.2) is 0 Å². The van der Waals surface area contributed by atoms with Crippen molar-refractivity contribution in [1.82, 2.24) is 4.90 Å². The molecule has 0 aliphatic heterocycles. The number of amides is 1. The van der Waals surface area contributed by atoms with Gasteiger partial charge in [0.25, 0.3) is 16.8 Å². The SMILES string of the molecule is CC(C)C[C@H](C)Nc1c(N(C)c2cccc(C(=O)N(C)C)c2O)c(=O)c1=O. The van der Waals surface area contributed by atoms with Crippen LogP contribution in [0.3, 0.4) is 0 Å². The summed E-state index contributed by atoms with van der Waals surface area (Å²) in [5, 5.41) is 13.7. The van der Waals surface area contributed by atoms with Crippen molar-refractivity contribution in [2.75, 3.05) is 31.4 Å². The lowest BCUT2D eigenvalue weighted by molar-refractivity contribution is 0.0824. The first-order valence-corrected chi connectivity index (χ1v) is 8.93. The summed E-state index contributed by atoms with van der Waals surface area (Å²) in [6.45, 7) is 6.12. The lowest BCUT2D eigenvalue weighted by atomic mass is 10.0. The molecule has 7 nitrogen and oxygen atoms in total. The maximum atomic E-state index is 12.2. The van der Waals surface area contributed by atoms with Crippen molar-refractivity contribution >= 4 is 23.0 Å². The third kappa shape index (κ3) is 3.97. The van der Waals surface area contributed by atoms with Crippen LogP contribution in [-0.4, -0.2) is 43.1 Å². The Morgan fingerprint density at radius 1 is 1.11 bits per heavy atom. The summed E-state index contributed by atoms with van der Waals surface area (Å²) >= 11 is 0. The molecule has 2 rings (SSSR count). The predicted molar refractivity (Wildman–Crippen MR) is 108 cm³/mol. The molecule has 0 saturated heterocycles. The molecule has 2 aromatic rings. The molecule has 1 atom stereocenters. The number of hydrogen-bond acceptors (Lipinski definition) is 6. The van der Waals surface area contributed by atoms with Gasteiger partial charge in [0.1, 0.15) is 11.4 Å². The number of nitrogens with one attached hydrogen (secondary N) is 1. The first-order chi connectivity index (χ1) is 12.6. The Bertz CT molecular complexity index is 911. The highest BCUT2D eigenvalue weighted by molar-refractivity contribution is 5.99. The molecule has 27 heavy (non-hydrogen) atoms. The van der Waals surface area contributed by atoms with Crippen LogP contribution >= 0.6 is 0 Å². The first-order valence-electron chi connectivity index (χ1n) is 8.93. The molecule has 0 unspecified atom stereocenters. The zero-order chi connectivity index (χ0) is 20.5. The Morgan fingerprint density at radius 2 is 1.74 bits per heavy atom. The Labute approximate surface area is 158 Å². The Morgan fingerprint density at radius 3 is 2.30 bits per heavy atom. The monoisotopic (exact) mass is 373 g/mol. The van der Waals surface area contributed by atoms with Crippen molar-refractivity contribution in [2.45, 2.75) is 33.2 Å². The van der Waals surface area contributed by atoms with Crippen molar-refractivity contribution in [1.29, 1.82) is 0 Å². The highest BCUT2D eigenvalue weighted by Gasteiger charge is 2.28. The Hall–Kier alpha value is -2.83. The minimum absolute atomic E-state index is 0.0238. The lowest BCUT2D eigenvalue weighted by Crippen LogP contribution is -2.41. The van der Waals surface area contributed by atoms with Gasteiger partial charge in [-0.3, -0.25) is 14.4 Å². The van der Waals surface area contributed by atoms with E-state index in [2.05, 4.69) is 19.2 Å². The summed E-state index contributed by atoms with van der Waals surface area (Å²) in [5.41, 5.74) is -0.312. The van der Waals surface area contributed by atoms with Crippen LogP contribution in [0.2, 0.25) is 0 Å². The molecule has 0 aromatic heterocycles. The lowest BCUT2D eigenvalue weighted by Gasteiger charge is -2.27. The van der Waals surface area contributed by atoms with Gasteiger partial charge in [-0.05, 0) is 31.4 Å². The molecule has 0 bridgehead atoms. The number of carbonyl (C=O) groups is 1. The van der Waals surface area contributed by atoms with E-state index in [1.807, 2.05) is 6.92 Å². The molecule has 7 heteroatoms. The molecule has 0 saturated carbocycles. The van der Waals surface area contributed by atoms with E-state index in [0.717, 1.165) is 6.42 Å². The maximum absolute atomic E-state index is 12.2. The molecule has 0 aliphatic carbocycles. The molecule has 0 fully saturated rings. The van der Waals surface area contributed by atoms with Gasteiger partial charge in [-0.15, -0.1) is 0 Å². The average Bonchev–Trinajstić information content (AvgIpc) is 2.59. The van der Waals surface area contributed by atoms with E-state index in [-0.39, 0.29) is 40.3 Å². The second kappa shape index (κ2) is 7.82. The highest BCUT2D eigenvalue weighted by Crippen LogP contribution is 2.36. The largest absolute Gasteiger partial charge is 0.505 e. The summed E-state index contributed by atoms with van der Waals surface area (Å²) in [6.07, 6.45) is 0.847. The van der Waals surface area contributed by atoms with Gasteiger partial charge in [-0.2, -0.15) is 0 Å². The standard InChI is InChI=1S/C20H27N3O4/c1-11(2)10-12(3)21-15-16(19(26)18(15)25)23(6)14-9-7-8-13(17(14)24)20(27)22(4)5/h7-9,11-12,21,24H,10H2,1-6H3/t12-/m0/s1. The second-order valence-electron chi connectivity index (χ2n) is 7.49. The van der Waals surface area contributed by atoms with Crippen LogP contribution in [0.4, 0.5) is 17.1 Å². The molecule has 2 N–H and O–H groups in total. The number of carbonyl (C=O) groups excluding carboxylic acids is 1. The van der Waals surface area contributed by atoms with E-state index in [4.69, 9.17) is 0 Å². The van der Waals surface area contributed by atoms with E-state index in [1.165, 1.54) is 15.9 Å². The maximum Gasteiger partial charge on any atom is 0.257 e. The molecule has 1 amide bonds. The molecular formula is C20H27N3O4. The van der Waals surface area contributed by atoms with Crippen molar-refractivity contribution in [3.63, 3.8) is 0 Å². The molecule has 146 valence electrons. The van der Waals surface area contributed by atoms with Crippen molar-refractivity contribution in [3.8, 4) is 5.75 Å². The number of benzene rings is 1. The van der Waals surface area contributed by atoms with Crippen molar-refractivity contribution < 1.29 is 9.90 Å². The number of rotatable bonds is 7. The third-order valence-electron chi connectivity index (χ3n) is 4.45. The fourth-order valence-electron chi connectivity index (χ4n) is 3.18. The molecule has 0 aliphatic rings. The van der Waals surface area contributed by atoms with Gasteiger partial charge >= 0.3 is 0 Å². The van der Waals surface area contributed by atoms with Crippen LogP contribution in [0, 0.1) is 5.92 Å². The molecular weight excluding hydrogens is 346 g/mol. The first kappa shape index (κ1) is 20.5. The van der Waals surface area contributed by atoms with Crippen LogP contribution in [0.15, 0.2) is 27.8 Å². The predicted octanol–water partition coefficient (Wildman–Crippen LogP) is 2.30. The zero-order valence-electron chi connectivity index (χ0n) is 16.7. The van der Waals surface area contributed by atoms with Crippen molar-refractivity contribution in [3.05, 3.63) is 44.2 Å². The topological polar surface area (TPSA) is 89.9 Å². The van der Waals surface area contributed by atoms with Crippen LogP contribution in [0.1, 0.15) is 37.6 Å². The smallest absolute Gasteiger partial charge is 0.257 e. The average molecular weight is 373 g/mol. The number of para-hydroxylation sites is 1. The quantitative estimate of drug-likeness (QED) is 0.724. The van der Waals surface area contributed by atoms with Crippen LogP contribution < -0.4 is 21.1 Å². The van der Waals surface area contributed by atoms with Gasteiger partial charge in [0, 0.05) is 27.2 Å². The number of nitrogens with zero attached hydrogens (tertiary/aromatic N) is 2. The van der Waals surface area contributed by atoms with E-state index < -0.39 is 10.9 Å². The van der Waals surface area contributed by atoms with Gasteiger partial charge in [-0.1, -0.05) is 19.9 Å². The van der Waals surface area contributed by atoms with Gasteiger partial charge in [0.2, 0.25) is 0 Å². The van der Waals surface area contributed by atoms with Gasteiger partial charge in [0.05, 0.1) is 11.3 Å². The summed E-state index contributed by atoms with van der Waals surface area (Å²) in [4.78, 5) is 39.3. The van der Waals surface area contributed by atoms with Crippen molar-refractivity contribution in [2.24, 2.45) is 5.92 Å². The summed E-state index contributed by atoms with van der Waals surface area (Å²) < 4.78 is 0. The molecule has 0 radical (unpaired) electrons. The van der Waals surface area contributed by atoms with Gasteiger partial charge in [0.15, 0.2) is 5.75 Å². The second-order valence-corrected chi connectivity index (χ2v) is 7.49. The number of phenolic OH excluding ortho intramolecular Hbond substituents is 1. The zero-order valence-corrected chi connectivity index (χ0v) is 16.7. The number of aromatic hydroxyl groups is 1. The molecule has 0 heterocycles. The fraction of sp³-hybridized carbons (Fsp3) is 0.450. The molecule has 0 spiro atoms. The normalized spacial score (nSPS) is 12.3. The number of anilines is 3. The van der Waals surface area contributed by atoms with E-state index in [9.17, 15) is 19.5 Å². The van der Waals surface area contributed by atoms with Crippen LogP contribution in [0.25, 0.3) is 0 Å². The number of phenols is 1.